The molecule has 0 aliphatic heterocycles. The number of carbonyl (C=O) groups is 3. The molecule has 0 aromatic heterocycles. The Morgan fingerprint density at radius 1 is 0.933 bits per heavy atom. The van der Waals surface area contributed by atoms with Crippen LogP contribution in [0.25, 0.3) is 0 Å². The van der Waals surface area contributed by atoms with Crippen LogP contribution in [-0.4, -0.2) is 22.6 Å². The standard InChI is InChI=1S/C11H18O4/c1-2-3-4-5-9(12)8-10(13)6-7-11(14)15/h2-8H2,1H3,(H,14,15). The third kappa shape index (κ3) is 9.12. The van der Waals surface area contributed by atoms with E-state index in [1.54, 1.807) is 0 Å². The molecule has 15 heavy (non-hydrogen) atoms. The first kappa shape index (κ1) is 13.8. The summed E-state index contributed by atoms with van der Waals surface area (Å²) in [4.78, 5) is 32.5. The lowest BCUT2D eigenvalue weighted by Gasteiger charge is -1.99. The number of ketones is 2. The topological polar surface area (TPSA) is 71.4 Å². The summed E-state index contributed by atoms with van der Waals surface area (Å²) >= 11 is 0. The lowest BCUT2D eigenvalue weighted by Crippen LogP contribution is -2.09. The second-order valence-corrected chi connectivity index (χ2v) is 3.60. The number of carboxylic acids is 1. The van der Waals surface area contributed by atoms with Gasteiger partial charge < -0.3 is 5.11 Å². The van der Waals surface area contributed by atoms with Crippen molar-refractivity contribution < 1.29 is 19.5 Å². The zero-order valence-corrected chi connectivity index (χ0v) is 9.12. The molecule has 0 saturated carbocycles. The monoisotopic (exact) mass is 214 g/mol. The van der Waals surface area contributed by atoms with Crippen molar-refractivity contribution in [3.8, 4) is 0 Å². The highest BCUT2D eigenvalue weighted by Gasteiger charge is 2.10. The van der Waals surface area contributed by atoms with Crippen LogP contribution in [0.15, 0.2) is 0 Å². The fraction of sp³-hybridized carbons (Fsp3) is 0.727. The summed E-state index contributed by atoms with van der Waals surface area (Å²) in [5.41, 5.74) is 0. The average molecular weight is 214 g/mol. The van der Waals surface area contributed by atoms with E-state index in [2.05, 4.69) is 0 Å². The third-order valence-electron chi connectivity index (χ3n) is 2.07. The molecule has 0 atom stereocenters. The minimum atomic E-state index is -0.998. The SMILES string of the molecule is CCCCCC(=O)CC(=O)CCC(=O)O. The van der Waals surface area contributed by atoms with E-state index < -0.39 is 5.97 Å². The summed E-state index contributed by atoms with van der Waals surface area (Å²) in [6.07, 6.45) is 2.98. The van der Waals surface area contributed by atoms with Gasteiger partial charge in [0.2, 0.25) is 0 Å². The lowest BCUT2D eigenvalue weighted by atomic mass is 10.1. The second kappa shape index (κ2) is 8.15. The minimum absolute atomic E-state index is 0.0329. The highest BCUT2D eigenvalue weighted by molar-refractivity contribution is 5.99. The van der Waals surface area contributed by atoms with E-state index in [4.69, 9.17) is 5.11 Å². The van der Waals surface area contributed by atoms with Crippen molar-refractivity contribution in [3.05, 3.63) is 0 Å². The minimum Gasteiger partial charge on any atom is -0.481 e. The van der Waals surface area contributed by atoms with Crippen LogP contribution >= 0.6 is 0 Å². The molecule has 0 aromatic carbocycles. The molecule has 0 unspecified atom stereocenters. The molecule has 0 aliphatic carbocycles. The van der Waals surface area contributed by atoms with E-state index >= 15 is 0 Å². The molecule has 0 bridgehead atoms. The van der Waals surface area contributed by atoms with Crippen LogP contribution in [0, 0.1) is 0 Å². The number of rotatable bonds is 9. The van der Waals surface area contributed by atoms with Gasteiger partial charge in [0.25, 0.3) is 0 Å². The Bertz CT molecular complexity index is 233. The predicted molar refractivity (Wildman–Crippen MR) is 55.6 cm³/mol. The summed E-state index contributed by atoms with van der Waals surface area (Å²) < 4.78 is 0. The van der Waals surface area contributed by atoms with E-state index in [-0.39, 0.29) is 30.8 Å². The van der Waals surface area contributed by atoms with Gasteiger partial charge in [-0.05, 0) is 6.42 Å². The number of unbranched alkanes of at least 4 members (excludes halogenated alkanes) is 2. The maximum atomic E-state index is 11.2. The van der Waals surface area contributed by atoms with Gasteiger partial charge in [0.15, 0.2) is 0 Å². The zero-order valence-electron chi connectivity index (χ0n) is 9.12. The first-order valence-electron chi connectivity index (χ1n) is 5.31. The van der Waals surface area contributed by atoms with Gasteiger partial charge in [-0.25, -0.2) is 0 Å². The fourth-order valence-corrected chi connectivity index (χ4v) is 1.22. The van der Waals surface area contributed by atoms with E-state index in [9.17, 15) is 14.4 Å². The Labute approximate surface area is 89.7 Å². The summed E-state index contributed by atoms with van der Waals surface area (Å²) in [6.45, 7) is 2.04. The Morgan fingerprint density at radius 2 is 1.53 bits per heavy atom. The second-order valence-electron chi connectivity index (χ2n) is 3.60. The maximum absolute atomic E-state index is 11.2. The highest BCUT2D eigenvalue weighted by Crippen LogP contribution is 2.04. The zero-order chi connectivity index (χ0) is 11.7. The number of hydrogen-bond acceptors (Lipinski definition) is 3. The first-order chi connectivity index (χ1) is 7.06. The third-order valence-corrected chi connectivity index (χ3v) is 2.07. The summed E-state index contributed by atoms with van der Waals surface area (Å²) in [6, 6.07) is 0. The fourth-order valence-electron chi connectivity index (χ4n) is 1.22. The lowest BCUT2D eigenvalue weighted by molar-refractivity contribution is -0.139. The molecule has 0 aromatic rings. The predicted octanol–water partition coefficient (Wildman–Crippen LogP) is 1.96. The van der Waals surface area contributed by atoms with Gasteiger partial charge in [0, 0.05) is 12.8 Å². The van der Waals surface area contributed by atoms with Crippen LogP contribution in [0.3, 0.4) is 0 Å². The van der Waals surface area contributed by atoms with Crippen molar-refractivity contribution >= 4 is 17.5 Å². The van der Waals surface area contributed by atoms with Crippen molar-refractivity contribution in [1.29, 1.82) is 0 Å². The van der Waals surface area contributed by atoms with Gasteiger partial charge in [0.05, 0.1) is 12.8 Å². The highest BCUT2D eigenvalue weighted by atomic mass is 16.4. The number of Topliss-reactive ketones (excluding diaryl/α,β-unsaturated/α-hetero) is 2. The van der Waals surface area contributed by atoms with Crippen molar-refractivity contribution in [2.24, 2.45) is 0 Å². The first-order valence-corrected chi connectivity index (χ1v) is 5.31. The number of aliphatic carboxylic acids is 1. The molecular weight excluding hydrogens is 196 g/mol. The molecule has 86 valence electrons. The molecule has 0 fully saturated rings. The van der Waals surface area contributed by atoms with Gasteiger partial charge >= 0.3 is 5.97 Å². The molecule has 0 saturated heterocycles. The van der Waals surface area contributed by atoms with Gasteiger partial charge in [-0.1, -0.05) is 19.8 Å². The number of carboxylic acid groups (broad SMARTS) is 1. The van der Waals surface area contributed by atoms with Crippen LogP contribution in [0.5, 0.6) is 0 Å². The summed E-state index contributed by atoms with van der Waals surface area (Å²) in [5.74, 6) is -1.33. The molecule has 4 nitrogen and oxygen atoms in total. The van der Waals surface area contributed by atoms with Crippen LogP contribution in [0.2, 0.25) is 0 Å². The molecule has 0 spiro atoms. The van der Waals surface area contributed by atoms with Crippen LogP contribution in [0.4, 0.5) is 0 Å². The number of carbonyl (C=O) groups excluding carboxylic acids is 2. The normalized spacial score (nSPS) is 9.93. The molecular formula is C11H18O4. The molecule has 0 aliphatic rings. The molecule has 1 N–H and O–H groups in total. The van der Waals surface area contributed by atoms with E-state index in [1.807, 2.05) is 6.92 Å². The van der Waals surface area contributed by atoms with E-state index in [1.165, 1.54) is 0 Å². The van der Waals surface area contributed by atoms with Crippen molar-refractivity contribution in [3.63, 3.8) is 0 Å². The Hall–Kier alpha value is -1.19. The maximum Gasteiger partial charge on any atom is 0.303 e. The molecule has 0 radical (unpaired) electrons. The van der Waals surface area contributed by atoms with Crippen molar-refractivity contribution in [2.75, 3.05) is 0 Å². The Kier molecular flexibility index (Phi) is 7.50. The Morgan fingerprint density at radius 3 is 2.07 bits per heavy atom. The molecule has 4 heteroatoms. The van der Waals surface area contributed by atoms with E-state index in [0.29, 0.717) is 6.42 Å². The van der Waals surface area contributed by atoms with E-state index in [0.717, 1.165) is 19.3 Å². The number of hydrogen-bond donors (Lipinski definition) is 1. The molecule has 0 heterocycles. The smallest absolute Gasteiger partial charge is 0.303 e. The molecule has 0 amide bonds. The van der Waals surface area contributed by atoms with Crippen molar-refractivity contribution in [2.45, 2.75) is 51.9 Å². The quantitative estimate of drug-likeness (QED) is 0.470. The van der Waals surface area contributed by atoms with Crippen LogP contribution in [0.1, 0.15) is 51.9 Å². The van der Waals surface area contributed by atoms with Gasteiger partial charge in [-0.3, -0.25) is 14.4 Å². The molecule has 0 rings (SSSR count). The van der Waals surface area contributed by atoms with Gasteiger partial charge in [-0.15, -0.1) is 0 Å². The van der Waals surface area contributed by atoms with Crippen LogP contribution < -0.4 is 0 Å². The summed E-state index contributed by atoms with van der Waals surface area (Å²) in [5, 5.41) is 8.33. The van der Waals surface area contributed by atoms with Crippen molar-refractivity contribution in [1.82, 2.24) is 0 Å². The van der Waals surface area contributed by atoms with Crippen LogP contribution in [-0.2, 0) is 14.4 Å². The average Bonchev–Trinajstić information content (AvgIpc) is 2.15. The summed E-state index contributed by atoms with van der Waals surface area (Å²) in [7, 11) is 0. The largest absolute Gasteiger partial charge is 0.481 e. The van der Waals surface area contributed by atoms with Gasteiger partial charge in [0.1, 0.15) is 11.6 Å². The Balaban J connectivity index is 3.58. The van der Waals surface area contributed by atoms with Gasteiger partial charge in [-0.2, -0.15) is 0 Å².